The molecule has 0 saturated heterocycles. The van der Waals surface area contributed by atoms with Gasteiger partial charge in [-0.05, 0) is 18.9 Å². The summed E-state index contributed by atoms with van der Waals surface area (Å²) in [6.45, 7) is 0.896. The summed E-state index contributed by atoms with van der Waals surface area (Å²) in [7, 11) is -2.02. The van der Waals surface area contributed by atoms with E-state index >= 15 is 0 Å². The summed E-state index contributed by atoms with van der Waals surface area (Å²) in [5, 5.41) is 10.0. The Labute approximate surface area is 110 Å². The molecule has 0 radical (unpaired) electrons. The number of rotatable bonds is 8. The van der Waals surface area contributed by atoms with Crippen LogP contribution in [0.1, 0.15) is 22.5 Å². The lowest BCUT2D eigenvalue weighted by molar-refractivity contribution is 0.0702. The molecule has 1 aromatic heterocycles. The van der Waals surface area contributed by atoms with E-state index < -0.39 is 16.0 Å². The molecule has 0 atom stereocenters. The van der Waals surface area contributed by atoms with Crippen molar-refractivity contribution in [3.05, 3.63) is 16.3 Å². The summed E-state index contributed by atoms with van der Waals surface area (Å²) in [4.78, 5) is 10.7. The van der Waals surface area contributed by atoms with Gasteiger partial charge in [-0.1, -0.05) is 0 Å². The van der Waals surface area contributed by atoms with E-state index in [1.54, 1.807) is 7.11 Å². The maximum atomic E-state index is 11.8. The highest BCUT2D eigenvalue weighted by Gasteiger charge is 2.17. The Morgan fingerprint density at radius 3 is 2.78 bits per heavy atom. The third kappa shape index (κ3) is 4.37. The first-order chi connectivity index (χ1) is 8.47. The van der Waals surface area contributed by atoms with Crippen LogP contribution < -0.4 is 4.72 Å². The number of carboxylic acids is 1. The van der Waals surface area contributed by atoms with Gasteiger partial charge in [0.2, 0.25) is 10.0 Å². The molecular weight excluding hydrogens is 278 g/mol. The topological polar surface area (TPSA) is 92.7 Å². The molecular formula is C10H15NO5S2. The smallest absolute Gasteiger partial charge is 0.345 e. The van der Waals surface area contributed by atoms with Crippen LogP contribution in [0.5, 0.6) is 0 Å². The average Bonchev–Trinajstić information content (AvgIpc) is 2.78. The summed E-state index contributed by atoms with van der Waals surface area (Å²) in [6.07, 6.45) is 1.44. The number of ether oxygens (including phenoxy) is 1. The second kappa shape index (κ2) is 6.83. The Hall–Kier alpha value is -0.960. The molecule has 6 nitrogen and oxygen atoms in total. The van der Waals surface area contributed by atoms with E-state index in [0.29, 0.717) is 19.6 Å². The number of aromatic carboxylic acids is 1. The highest BCUT2D eigenvalue weighted by Crippen LogP contribution is 2.18. The lowest BCUT2D eigenvalue weighted by atomic mass is 10.3. The van der Waals surface area contributed by atoms with Crippen molar-refractivity contribution in [1.29, 1.82) is 0 Å². The number of sulfonamides is 1. The van der Waals surface area contributed by atoms with Gasteiger partial charge in [0.25, 0.3) is 0 Å². The summed E-state index contributed by atoms with van der Waals surface area (Å²) in [6, 6.07) is 1.16. The van der Waals surface area contributed by atoms with Gasteiger partial charge in [-0.25, -0.2) is 17.9 Å². The fourth-order valence-corrected chi connectivity index (χ4v) is 3.42. The molecule has 8 heteroatoms. The number of carboxylic acid groups (broad SMARTS) is 1. The molecule has 0 spiro atoms. The van der Waals surface area contributed by atoms with Crippen LogP contribution in [-0.2, 0) is 14.8 Å². The standard InChI is InChI=1S/C10H15NO5S2/c1-16-5-3-2-4-11-18(14,15)8-6-9(10(12)13)17-7-8/h6-7,11H,2-5H2,1H3,(H,12,13). The van der Waals surface area contributed by atoms with Crippen molar-refractivity contribution in [2.24, 2.45) is 0 Å². The summed E-state index contributed by atoms with van der Waals surface area (Å²) in [5.74, 6) is -1.12. The molecule has 0 aliphatic heterocycles. The van der Waals surface area contributed by atoms with Crippen LogP contribution in [0.3, 0.4) is 0 Å². The van der Waals surface area contributed by atoms with Crippen LogP contribution in [-0.4, -0.2) is 39.8 Å². The van der Waals surface area contributed by atoms with E-state index in [-0.39, 0.29) is 9.77 Å². The van der Waals surface area contributed by atoms with E-state index in [4.69, 9.17) is 9.84 Å². The molecule has 2 N–H and O–H groups in total. The number of nitrogens with one attached hydrogen (secondary N) is 1. The SMILES string of the molecule is COCCCCNS(=O)(=O)c1csc(C(=O)O)c1. The van der Waals surface area contributed by atoms with Crippen LogP contribution in [0, 0.1) is 0 Å². The van der Waals surface area contributed by atoms with Gasteiger partial charge in [0.05, 0.1) is 4.90 Å². The largest absolute Gasteiger partial charge is 0.477 e. The van der Waals surface area contributed by atoms with Crippen molar-refractivity contribution < 1.29 is 23.1 Å². The maximum Gasteiger partial charge on any atom is 0.345 e. The Balaban J connectivity index is 2.54. The first kappa shape index (κ1) is 15.1. The first-order valence-corrected chi connectivity index (χ1v) is 7.64. The minimum absolute atomic E-state index is 0.00311. The summed E-state index contributed by atoms with van der Waals surface area (Å²) in [5.41, 5.74) is 0. The van der Waals surface area contributed by atoms with E-state index in [1.165, 1.54) is 5.38 Å². The number of thiophene rings is 1. The number of carbonyl (C=O) groups is 1. The number of methoxy groups -OCH3 is 1. The average molecular weight is 293 g/mol. The monoisotopic (exact) mass is 293 g/mol. The van der Waals surface area contributed by atoms with Crippen molar-refractivity contribution in [3.63, 3.8) is 0 Å². The minimum Gasteiger partial charge on any atom is -0.477 e. The molecule has 0 aromatic carbocycles. The third-order valence-electron chi connectivity index (χ3n) is 2.16. The van der Waals surface area contributed by atoms with Crippen LogP contribution in [0.4, 0.5) is 0 Å². The number of hydrogen-bond acceptors (Lipinski definition) is 5. The van der Waals surface area contributed by atoms with Gasteiger partial charge in [-0.2, -0.15) is 0 Å². The third-order valence-corrected chi connectivity index (χ3v) is 4.67. The van der Waals surface area contributed by atoms with Gasteiger partial charge in [0, 0.05) is 25.6 Å². The fraction of sp³-hybridized carbons (Fsp3) is 0.500. The van der Waals surface area contributed by atoms with Gasteiger partial charge in [0.1, 0.15) is 4.88 Å². The van der Waals surface area contributed by atoms with E-state index in [2.05, 4.69) is 4.72 Å². The van der Waals surface area contributed by atoms with Crippen molar-refractivity contribution >= 4 is 27.3 Å². The molecule has 0 amide bonds. The quantitative estimate of drug-likeness (QED) is 0.701. The van der Waals surface area contributed by atoms with Crippen LogP contribution >= 0.6 is 11.3 Å². The molecule has 1 aromatic rings. The molecule has 0 saturated carbocycles. The molecule has 102 valence electrons. The van der Waals surface area contributed by atoms with Gasteiger partial charge in [0.15, 0.2) is 0 Å². The number of hydrogen-bond donors (Lipinski definition) is 2. The zero-order chi connectivity index (χ0) is 13.6. The molecule has 0 fully saturated rings. The highest BCUT2D eigenvalue weighted by atomic mass is 32.2. The normalized spacial score (nSPS) is 11.6. The Morgan fingerprint density at radius 2 is 2.22 bits per heavy atom. The van der Waals surface area contributed by atoms with Crippen molar-refractivity contribution in [1.82, 2.24) is 4.72 Å². The van der Waals surface area contributed by atoms with Crippen LogP contribution in [0.2, 0.25) is 0 Å². The highest BCUT2D eigenvalue weighted by molar-refractivity contribution is 7.89. The maximum absolute atomic E-state index is 11.8. The molecule has 0 unspecified atom stereocenters. The Kier molecular flexibility index (Phi) is 5.73. The summed E-state index contributed by atoms with van der Waals surface area (Å²) >= 11 is 0.893. The molecule has 0 bridgehead atoms. The van der Waals surface area contributed by atoms with E-state index in [9.17, 15) is 13.2 Å². The Bertz CT molecular complexity index is 494. The molecule has 0 aliphatic rings. The minimum atomic E-state index is -3.60. The zero-order valence-electron chi connectivity index (χ0n) is 9.88. The van der Waals surface area contributed by atoms with Gasteiger partial charge < -0.3 is 9.84 Å². The van der Waals surface area contributed by atoms with Crippen LogP contribution in [0.15, 0.2) is 16.3 Å². The number of unbranched alkanes of at least 4 members (excludes halogenated alkanes) is 1. The predicted octanol–water partition coefficient (Wildman–Crippen LogP) is 1.15. The second-order valence-corrected chi connectivity index (χ2v) is 6.23. The second-order valence-electron chi connectivity index (χ2n) is 3.55. The van der Waals surface area contributed by atoms with Crippen molar-refractivity contribution in [2.45, 2.75) is 17.7 Å². The van der Waals surface area contributed by atoms with E-state index in [1.807, 2.05) is 0 Å². The van der Waals surface area contributed by atoms with Crippen molar-refractivity contribution in [2.75, 3.05) is 20.3 Å². The first-order valence-electron chi connectivity index (χ1n) is 5.28. The van der Waals surface area contributed by atoms with Gasteiger partial charge in [-0.3, -0.25) is 0 Å². The summed E-state index contributed by atoms with van der Waals surface area (Å²) < 4.78 is 30.8. The predicted molar refractivity (Wildman–Crippen MR) is 67.6 cm³/mol. The van der Waals surface area contributed by atoms with Crippen LogP contribution in [0.25, 0.3) is 0 Å². The molecule has 0 aliphatic carbocycles. The zero-order valence-corrected chi connectivity index (χ0v) is 11.5. The molecule has 18 heavy (non-hydrogen) atoms. The lowest BCUT2D eigenvalue weighted by Crippen LogP contribution is -2.24. The fourth-order valence-electron chi connectivity index (χ4n) is 1.23. The van der Waals surface area contributed by atoms with Gasteiger partial charge >= 0.3 is 5.97 Å². The lowest BCUT2D eigenvalue weighted by Gasteiger charge is -2.04. The van der Waals surface area contributed by atoms with Crippen molar-refractivity contribution in [3.8, 4) is 0 Å². The van der Waals surface area contributed by atoms with E-state index in [0.717, 1.165) is 23.8 Å². The molecule has 1 rings (SSSR count). The van der Waals surface area contributed by atoms with Gasteiger partial charge in [-0.15, -0.1) is 11.3 Å². The molecule has 1 heterocycles. The Morgan fingerprint density at radius 1 is 1.50 bits per heavy atom.